The molecule has 0 bridgehead atoms. The normalized spacial score (nSPS) is 19.6. The van der Waals surface area contributed by atoms with Crippen molar-refractivity contribution in [1.29, 1.82) is 0 Å². The molecule has 0 saturated heterocycles. The van der Waals surface area contributed by atoms with Gasteiger partial charge < -0.3 is 11.1 Å². The summed E-state index contributed by atoms with van der Waals surface area (Å²) >= 11 is 1.70. The lowest BCUT2D eigenvalue weighted by molar-refractivity contribution is 0.403. The molecule has 0 aromatic carbocycles. The Morgan fingerprint density at radius 1 is 1.53 bits per heavy atom. The van der Waals surface area contributed by atoms with Gasteiger partial charge in [0.15, 0.2) is 0 Å². The predicted octanol–water partition coefficient (Wildman–Crippen LogP) is 1.81. The second-order valence-corrected chi connectivity index (χ2v) is 5.59. The highest BCUT2D eigenvalue weighted by Crippen LogP contribution is 2.26. The van der Waals surface area contributed by atoms with Gasteiger partial charge in [-0.3, -0.25) is 0 Å². The van der Waals surface area contributed by atoms with E-state index in [1.165, 1.54) is 12.8 Å². The second-order valence-electron chi connectivity index (χ2n) is 4.53. The average Bonchev–Trinajstić information content (AvgIpc) is 2.76. The zero-order valence-electron chi connectivity index (χ0n) is 9.25. The van der Waals surface area contributed by atoms with Crippen LogP contribution in [0.4, 0.5) is 0 Å². The fraction of sp³-hybridized carbons (Fsp3) is 0.727. The molecule has 0 atom stereocenters. The molecule has 1 aliphatic rings. The van der Waals surface area contributed by atoms with E-state index in [4.69, 9.17) is 5.73 Å². The van der Waals surface area contributed by atoms with Gasteiger partial charge in [0.2, 0.25) is 0 Å². The van der Waals surface area contributed by atoms with Gasteiger partial charge in [0, 0.05) is 24.0 Å². The Bertz CT molecular complexity index is 315. The number of rotatable bonds is 4. The molecule has 1 fully saturated rings. The van der Waals surface area contributed by atoms with Gasteiger partial charge in [0.25, 0.3) is 0 Å². The molecule has 1 heterocycles. The van der Waals surface area contributed by atoms with Crippen LogP contribution in [0.3, 0.4) is 0 Å². The summed E-state index contributed by atoms with van der Waals surface area (Å²) in [6.45, 7) is 3.81. The van der Waals surface area contributed by atoms with Crippen molar-refractivity contribution in [3.63, 3.8) is 0 Å². The molecular formula is C11H19N3S. The van der Waals surface area contributed by atoms with E-state index >= 15 is 0 Å². The molecule has 1 aromatic heterocycles. The highest BCUT2D eigenvalue weighted by molar-refractivity contribution is 7.09. The van der Waals surface area contributed by atoms with Crippen LogP contribution in [0.1, 0.15) is 36.4 Å². The van der Waals surface area contributed by atoms with Gasteiger partial charge >= 0.3 is 0 Å². The van der Waals surface area contributed by atoms with E-state index in [-0.39, 0.29) is 5.54 Å². The van der Waals surface area contributed by atoms with Crippen molar-refractivity contribution in [2.75, 3.05) is 6.54 Å². The highest BCUT2D eigenvalue weighted by Gasteiger charge is 2.28. The molecule has 15 heavy (non-hydrogen) atoms. The van der Waals surface area contributed by atoms with Gasteiger partial charge in [-0.15, -0.1) is 11.3 Å². The third kappa shape index (κ3) is 3.00. The summed E-state index contributed by atoms with van der Waals surface area (Å²) < 4.78 is 0. The molecule has 0 unspecified atom stereocenters. The van der Waals surface area contributed by atoms with Crippen LogP contribution in [-0.4, -0.2) is 17.1 Å². The van der Waals surface area contributed by atoms with Crippen LogP contribution in [0.5, 0.6) is 0 Å². The largest absolute Gasteiger partial charge is 0.324 e. The maximum absolute atomic E-state index is 6.25. The van der Waals surface area contributed by atoms with E-state index in [2.05, 4.69) is 15.7 Å². The van der Waals surface area contributed by atoms with Gasteiger partial charge in [-0.1, -0.05) is 12.8 Å². The number of aromatic nitrogens is 1. The lowest BCUT2D eigenvalue weighted by Gasteiger charge is -2.23. The Morgan fingerprint density at radius 2 is 2.27 bits per heavy atom. The number of nitrogens with one attached hydrogen (secondary N) is 1. The molecule has 0 amide bonds. The minimum Gasteiger partial charge on any atom is -0.324 e. The molecule has 3 N–H and O–H groups in total. The van der Waals surface area contributed by atoms with Crippen molar-refractivity contribution in [2.45, 2.75) is 44.7 Å². The molecule has 1 aromatic rings. The van der Waals surface area contributed by atoms with Crippen molar-refractivity contribution < 1.29 is 0 Å². The van der Waals surface area contributed by atoms with Gasteiger partial charge in [0.1, 0.15) is 0 Å². The van der Waals surface area contributed by atoms with Gasteiger partial charge in [-0.05, 0) is 19.8 Å². The van der Waals surface area contributed by atoms with E-state index in [1.54, 1.807) is 11.3 Å². The van der Waals surface area contributed by atoms with Crippen molar-refractivity contribution >= 4 is 11.3 Å². The average molecular weight is 225 g/mol. The van der Waals surface area contributed by atoms with Crippen molar-refractivity contribution in [3.05, 3.63) is 16.1 Å². The zero-order valence-corrected chi connectivity index (χ0v) is 10.1. The van der Waals surface area contributed by atoms with Crippen molar-refractivity contribution in [2.24, 2.45) is 5.73 Å². The second kappa shape index (κ2) is 4.60. The Kier molecular flexibility index (Phi) is 3.38. The van der Waals surface area contributed by atoms with Crippen LogP contribution < -0.4 is 11.1 Å². The van der Waals surface area contributed by atoms with Crippen LogP contribution in [0.15, 0.2) is 5.38 Å². The number of nitrogens with zero attached hydrogens (tertiary/aromatic N) is 1. The molecule has 0 aliphatic heterocycles. The molecule has 2 rings (SSSR count). The summed E-state index contributed by atoms with van der Waals surface area (Å²) in [6, 6.07) is 0. The van der Waals surface area contributed by atoms with Crippen LogP contribution in [0, 0.1) is 6.92 Å². The monoisotopic (exact) mass is 225 g/mol. The first kappa shape index (κ1) is 11.0. The van der Waals surface area contributed by atoms with Gasteiger partial charge in [-0.2, -0.15) is 0 Å². The lowest BCUT2D eigenvalue weighted by atomic mass is 9.99. The first-order valence-electron chi connectivity index (χ1n) is 5.59. The summed E-state index contributed by atoms with van der Waals surface area (Å²) in [4.78, 5) is 4.41. The first-order chi connectivity index (χ1) is 7.18. The fourth-order valence-corrected chi connectivity index (χ4v) is 2.80. The Labute approximate surface area is 95.1 Å². The summed E-state index contributed by atoms with van der Waals surface area (Å²) in [5.74, 6) is 0. The first-order valence-corrected chi connectivity index (χ1v) is 6.47. The zero-order chi connectivity index (χ0) is 10.7. The summed E-state index contributed by atoms with van der Waals surface area (Å²) in [7, 11) is 0. The van der Waals surface area contributed by atoms with E-state index < -0.39 is 0 Å². The molecular weight excluding hydrogens is 206 g/mol. The quantitative estimate of drug-likeness (QED) is 0.821. The predicted molar refractivity (Wildman–Crippen MR) is 63.9 cm³/mol. The molecule has 0 spiro atoms. The minimum atomic E-state index is 0.0467. The Hall–Kier alpha value is -0.450. The van der Waals surface area contributed by atoms with Crippen LogP contribution in [0.25, 0.3) is 0 Å². The molecule has 1 saturated carbocycles. The molecule has 0 radical (unpaired) electrons. The molecule has 1 aliphatic carbocycles. The highest BCUT2D eigenvalue weighted by atomic mass is 32.1. The fourth-order valence-electron chi connectivity index (χ4n) is 2.18. The van der Waals surface area contributed by atoms with E-state index in [0.717, 1.165) is 36.6 Å². The number of aryl methyl sites for hydroxylation is 1. The van der Waals surface area contributed by atoms with E-state index in [0.29, 0.717) is 0 Å². The smallest absolute Gasteiger partial charge is 0.0897 e. The molecule has 4 heteroatoms. The third-order valence-corrected chi connectivity index (χ3v) is 3.87. The van der Waals surface area contributed by atoms with Gasteiger partial charge in [-0.25, -0.2) is 4.98 Å². The third-order valence-electron chi connectivity index (χ3n) is 3.05. The van der Waals surface area contributed by atoms with Crippen molar-refractivity contribution in [3.8, 4) is 0 Å². The molecule has 3 nitrogen and oxygen atoms in total. The lowest BCUT2D eigenvalue weighted by Crippen LogP contribution is -2.46. The maximum Gasteiger partial charge on any atom is 0.0897 e. The number of thiazole rings is 1. The van der Waals surface area contributed by atoms with Crippen LogP contribution in [-0.2, 0) is 6.54 Å². The Morgan fingerprint density at radius 3 is 2.87 bits per heavy atom. The van der Waals surface area contributed by atoms with E-state index in [1.807, 2.05) is 6.92 Å². The summed E-state index contributed by atoms with van der Waals surface area (Å²) in [6.07, 6.45) is 4.90. The standard InChI is InChI=1S/C11H19N3S/c1-9-14-10(7-15-9)6-13-8-11(12)4-2-3-5-11/h7,13H,2-6,8,12H2,1H3. The topological polar surface area (TPSA) is 50.9 Å². The van der Waals surface area contributed by atoms with Gasteiger partial charge in [0.05, 0.1) is 10.7 Å². The maximum atomic E-state index is 6.25. The minimum absolute atomic E-state index is 0.0467. The van der Waals surface area contributed by atoms with Crippen LogP contribution >= 0.6 is 11.3 Å². The summed E-state index contributed by atoms with van der Waals surface area (Å²) in [5, 5.41) is 6.66. The number of nitrogens with two attached hydrogens (primary N) is 1. The van der Waals surface area contributed by atoms with Crippen molar-refractivity contribution in [1.82, 2.24) is 10.3 Å². The SMILES string of the molecule is Cc1nc(CNCC2(N)CCCC2)cs1. The number of hydrogen-bond acceptors (Lipinski definition) is 4. The number of hydrogen-bond donors (Lipinski definition) is 2. The van der Waals surface area contributed by atoms with E-state index in [9.17, 15) is 0 Å². The van der Waals surface area contributed by atoms with Crippen LogP contribution in [0.2, 0.25) is 0 Å². The molecule has 84 valence electrons. The summed E-state index contributed by atoms with van der Waals surface area (Å²) in [5.41, 5.74) is 7.43. The Balaban J connectivity index is 1.75.